The average molecular weight is 409 g/mol. The Kier molecular flexibility index (Phi) is 7.07. The fourth-order valence-electron chi connectivity index (χ4n) is 4.86. The third-order valence-corrected chi connectivity index (χ3v) is 6.56. The van der Waals surface area contributed by atoms with Crippen LogP contribution < -0.4 is 5.32 Å². The molecule has 0 aromatic carbocycles. The van der Waals surface area contributed by atoms with Gasteiger partial charge >= 0.3 is 0 Å². The molecule has 30 heavy (non-hydrogen) atoms. The Hall–Kier alpha value is -2.31. The van der Waals surface area contributed by atoms with Crippen LogP contribution in [0, 0.1) is 11.8 Å². The summed E-state index contributed by atoms with van der Waals surface area (Å²) in [7, 11) is 0. The van der Waals surface area contributed by atoms with Gasteiger partial charge < -0.3 is 15.3 Å². The van der Waals surface area contributed by atoms with Crippen LogP contribution in [0.2, 0.25) is 0 Å². The van der Waals surface area contributed by atoms with E-state index in [0.717, 1.165) is 36.9 Å². The van der Waals surface area contributed by atoms with E-state index < -0.39 is 6.10 Å². The van der Waals surface area contributed by atoms with Gasteiger partial charge in [0.25, 0.3) is 5.91 Å². The molecule has 3 aliphatic rings. The molecular formula is C24H32N4O2. The van der Waals surface area contributed by atoms with E-state index in [1.807, 2.05) is 24.3 Å². The van der Waals surface area contributed by atoms with Crippen LogP contribution in [0.15, 0.2) is 54.4 Å². The van der Waals surface area contributed by atoms with Crippen LogP contribution >= 0.6 is 0 Å². The standard InChI is InChI=1S/C24H32N4O2/c29-23(17-28-13-10-18-4-1-2-5-22(18)16-28)9-11-25-24(30)20-7-3-6-19(14-20)21-8-12-26-27-15-21/h1,3-4,7-8,12,14-15,18-19,22-23,29H,2,5-6,9-11,13,16-17H2,(H,25,30). The van der Waals surface area contributed by atoms with Crippen LogP contribution in [0.1, 0.15) is 43.6 Å². The first-order chi connectivity index (χ1) is 14.7. The van der Waals surface area contributed by atoms with Crippen molar-refractivity contribution in [3.05, 3.63) is 60.0 Å². The van der Waals surface area contributed by atoms with Crippen LogP contribution in [-0.2, 0) is 4.79 Å². The summed E-state index contributed by atoms with van der Waals surface area (Å²) in [6.45, 7) is 3.32. The topological polar surface area (TPSA) is 78.4 Å². The number of hydrogen-bond acceptors (Lipinski definition) is 5. The molecule has 4 rings (SSSR count). The first-order valence-electron chi connectivity index (χ1n) is 11.2. The molecule has 2 N–H and O–H groups in total. The highest BCUT2D eigenvalue weighted by atomic mass is 16.3. The molecule has 4 unspecified atom stereocenters. The lowest BCUT2D eigenvalue weighted by molar-refractivity contribution is -0.117. The van der Waals surface area contributed by atoms with Crippen molar-refractivity contribution < 1.29 is 9.90 Å². The number of allylic oxidation sites excluding steroid dienone is 4. The number of fused-ring (bicyclic) bond motifs is 1. The van der Waals surface area contributed by atoms with Crippen molar-refractivity contribution in [2.24, 2.45) is 11.8 Å². The highest BCUT2D eigenvalue weighted by Gasteiger charge is 2.29. The first kappa shape index (κ1) is 20.9. The summed E-state index contributed by atoms with van der Waals surface area (Å²) < 4.78 is 0. The van der Waals surface area contributed by atoms with Gasteiger partial charge in [-0.25, -0.2) is 0 Å². The van der Waals surface area contributed by atoms with Crippen molar-refractivity contribution in [1.82, 2.24) is 20.4 Å². The maximum absolute atomic E-state index is 12.5. The van der Waals surface area contributed by atoms with Crippen LogP contribution in [-0.4, -0.2) is 58.4 Å². The molecule has 0 bridgehead atoms. The molecule has 0 spiro atoms. The molecule has 1 amide bonds. The average Bonchev–Trinajstić information content (AvgIpc) is 2.79. The molecular weight excluding hydrogens is 376 g/mol. The number of carbonyl (C=O) groups excluding carboxylic acids is 1. The van der Waals surface area contributed by atoms with Crippen LogP contribution in [0.3, 0.4) is 0 Å². The lowest BCUT2D eigenvalue weighted by atomic mass is 9.79. The van der Waals surface area contributed by atoms with Gasteiger partial charge in [-0.1, -0.05) is 30.4 Å². The van der Waals surface area contributed by atoms with Crippen molar-refractivity contribution in [3.8, 4) is 0 Å². The number of aliphatic hydroxyl groups is 1. The number of hydrogen-bond donors (Lipinski definition) is 2. The molecule has 4 atom stereocenters. The van der Waals surface area contributed by atoms with E-state index in [9.17, 15) is 9.90 Å². The van der Waals surface area contributed by atoms with Crippen molar-refractivity contribution in [1.29, 1.82) is 0 Å². The minimum Gasteiger partial charge on any atom is -0.392 e. The smallest absolute Gasteiger partial charge is 0.250 e. The summed E-state index contributed by atoms with van der Waals surface area (Å²) in [6, 6.07) is 1.94. The molecule has 6 heteroatoms. The van der Waals surface area contributed by atoms with E-state index >= 15 is 0 Å². The largest absolute Gasteiger partial charge is 0.392 e. The Morgan fingerprint density at radius 2 is 2.23 bits per heavy atom. The van der Waals surface area contributed by atoms with E-state index in [2.05, 4.69) is 32.6 Å². The van der Waals surface area contributed by atoms with Gasteiger partial charge in [0.2, 0.25) is 0 Å². The van der Waals surface area contributed by atoms with Gasteiger partial charge in [-0.15, -0.1) is 0 Å². The van der Waals surface area contributed by atoms with Gasteiger partial charge in [0.05, 0.1) is 12.3 Å². The van der Waals surface area contributed by atoms with Crippen LogP contribution in [0.4, 0.5) is 0 Å². The van der Waals surface area contributed by atoms with E-state index in [1.54, 1.807) is 12.4 Å². The Balaban J connectivity index is 1.20. The molecule has 2 aliphatic carbocycles. The second-order valence-corrected chi connectivity index (χ2v) is 8.72. The predicted octanol–water partition coefficient (Wildman–Crippen LogP) is 2.60. The number of rotatable bonds is 7. The van der Waals surface area contributed by atoms with Crippen molar-refractivity contribution >= 4 is 5.91 Å². The van der Waals surface area contributed by atoms with E-state index in [1.165, 1.54) is 19.3 Å². The number of aliphatic hydroxyl groups excluding tert-OH is 1. The zero-order chi connectivity index (χ0) is 20.8. The Bertz CT molecular complexity index is 805. The number of β-amino-alcohol motifs (C(OH)–C–C–N with tert-alkyl or cyclic N) is 1. The first-order valence-corrected chi connectivity index (χ1v) is 11.2. The predicted molar refractivity (Wildman–Crippen MR) is 117 cm³/mol. The minimum absolute atomic E-state index is 0.0834. The van der Waals surface area contributed by atoms with Crippen molar-refractivity contribution in [3.63, 3.8) is 0 Å². The molecule has 0 radical (unpaired) electrons. The molecule has 1 aliphatic heterocycles. The number of nitrogens with zero attached hydrogens (tertiary/aromatic N) is 3. The Labute approximate surface area is 178 Å². The summed E-state index contributed by atoms with van der Waals surface area (Å²) in [6.07, 6.45) is 18.7. The minimum atomic E-state index is -0.410. The third-order valence-electron chi connectivity index (χ3n) is 6.56. The maximum Gasteiger partial charge on any atom is 0.250 e. The molecule has 1 fully saturated rings. The molecule has 0 saturated carbocycles. The lowest BCUT2D eigenvalue weighted by Gasteiger charge is -2.39. The van der Waals surface area contributed by atoms with Crippen LogP contribution in [0.25, 0.3) is 0 Å². The Morgan fingerprint density at radius 1 is 1.30 bits per heavy atom. The Morgan fingerprint density at radius 3 is 3.10 bits per heavy atom. The van der Waals surface area contributed by atoms with Gasteiger partial charge in [-0.2, -0.15) is 10.2 Å². The summed E-state index contributed by atoms with van der Waals surface area (Å²) in [5, 5.41) is 21.2. The van der Waals surface area contributed by atoms with Gasteiger partial charge in [0.1, 0.15) is 0 Å². The molecule has 1 aromatic rings. The van der Waals surface area contributed by atoms with Crippen molar-refractivity contribution in [2.45, 2.75) is 44.1 Å². The number of nitrogens with one attached hydrogen (secondary N) is 1. The number of likely N-dealkylation sites (tertiary alicyclic amines) is 1. The zero-order valence-electron chi connectivity index (χ0n) is 17.5. The summed E-state index contributed by atoms with van der Waals surface area (Å²) in [5.74, 6) is 1.54. The fraction of sp³-hybridized carbons (Fsp3) is 0.542. The SMILES string of the molecule is O=C(NCCC(O)CN1CCC2C=CCCC2C1)C1=CC(c2ccnnc2)CC=C1. The molecule has 2 heterocycles. The molecule has 6 nitrogen and oxygen atoms in total. The highest BCUT2D eigenvalue weighted by Crippen LogP contribution is 2.32. The van der Waals surface area contributed by atoms with Gasteiger partial charge in [-0.3, -0.25) is 4.79 Å². The quantitative estimate of drug-likeness (QED) is 0.678. The maximum atomic E-state index is 12.5. The second kappa shape index (κ2) is 10.1. The van der Waals surface area contributed by atoms with E-state index in [-0.39, 0.29) is 11.8 Å². The summed E-state index contributed by atoms with van der Waals surface area (Å²) in [4.78, 5) is 14.9. The molecule has 1 aromatic heterocycles. The normalized spacial score (nSPS) is 27.2. The lowest BCUT2D eigenvalue weighted by Crippen LogP contribution is -2.44. The second-order valence-electron chi connectivity index (χ2n) is 8.72. The van der Waals surface area contributed by atoms with E-state index in [0.29, 0.717) is 25.1 Å². The van der Waals surface area contributed by atoms with Crippen LogP contribution in [0.5, 0.6) is 0 Å². The summed E-state index contributed by atoms with van der Waals surface area (Å²) >= 11 is 0. The monoisotopic (exact) mass is 408 g/mol. The zero-order valence-corrected chi connectivity index (χ0v) is 17.5. The van der Waals surface area contributed by atoms with Gasteiger partial charge in [-0.05, 0) is 62.1 Å². The highest BCUT2D eigenvalue weighted by molar-refractivity contribution is 5.96. The van der Waals surface area contributed by atoms with Crippen molar-refractivity contribution in [2.75, 3.05) is 26.2 Å². The molecule has 160 valence electrons. The number of carbonyl (C=O) groups is 1. The number of piperidine rings is 1. The van der Waals surface area contributed by atoms with E-state index in [4.69, 9.17) is 0 Å². The number of amides is 1. The molecule has 1 saturated heterocycles. The van der Waals surface area contributed by atoms with Gasteiger partial charge in [0.15, 0.2) is 0 Å². The number of aromatic nitrogens is 2. The fourth-order valence-corrected chi connectivity index (χ4v) is 4.86. The summed E-state index contributed by atoms with van der Waals surface area (Å²) in [5.41, 5.74) is 1.73. The third kappa shape index (κ3) is 5.43. The van der Waals surface area contributed by atoms with Gasteiger partial charge in [0, 0.05) is 37.3 Å².